The Kier molecular flexibility index (Phi) is 6.31. The smallest absolute Gasteiger partial charge is 0.401 e. The standard InChI is InChI=1S/C9H16F3NO2/c1-2-13(7-9(10,11)12)6-4-3-5-8(14)15/h2-7H2,1H3,(H,14,15). The van der Waals surface area contributed by atoms with Gasteiger partial charge in [0.15, 0.2) is 0 Å². The van der Waals surface area contributed by atoms with Gasteiger partial charge in [0.25, 0.3) is 0 Å². The fourth-order valence-electron chi connectivity index (χ4n) is 1.21. The number of carboxylic acid groups (broad SMARTS) is 1. The zero-order valence-corrected chi connectivity index (χ0v) is 8.68. The molecule has 0 saturated heterocycles. The van der Waals surface area contributed by atoms with Gasteiger partial charge in [-0.15, -0.1) is 0 Å². The maximum atomic E-state index is 12.0. The van der Waals surface area contributed by atoms with E-state index in [1.165, 1.54) is 4.90 Å². The van der Waals surface area contributed by atoms with Crippen LogP contribution in [0.3, 0.4) is 0 Å². The summed E-state index contributed by atoms with van der Waals surface area (Å²) in [5, 5.41) is 8.33. The van der Waals surface area contributed by atoms with E-state index in [2.05, 4.69) is 0 Å². The summed E-state index contributed by atoms with van der Waals surface area (Å²) in [5.41, 5.74) is 0. The first-order valence-electron chi connectivity index (χ1n) is 4.86. The molecule has 0 fully saturated rings. The molecule has 0 amide bonds. The molecule has 0 aliphatic rings. The van der Waals surface area contributed by atoms with Gasteiger partial charge in [0.1, 0.15) is 0 Å². The molecule has 3 nitrogen and oxygen atoms in total. The fraction of sp³-hybridized carbons (Fsp3) is 0.889. The molecule has 0 aromatic carbocycles. The second kappa shape index (κ2) is 6.66. The molecule has 0 rings (SSSR count). The summed E-state index contributed by atoms with van der Waals surface area (Å²) in [7, 11) is 0. The van der Waals surface area contributed by atoms with E-state index in [4.69, 9.17) is 5.11 Å². The SMILES string of the molecule is CCN(CCCCC(=O)O)CC(F)(F)F. The molecule has 0 bridgehead atoms. The van der Waals surface area contributed by atoms with Crippen LogP contribution in [-0.2, 0) is 4.79 Å². The number of unbranched alkanes of at least 4 members (excludes halogenated alkanes) is 1. The Morgan fingerprint density at radius 3 is 2.33 bits per heavy atom. The molecule has 0 spiro atoms. The van der Waals surface area contributed by atoms with Crippen molar-refractivity contribution in [2.45, 2.75) is 32.4 Å². The van der Waals surface area contributed by atoms with E-state index in [0.717, 1.165) is 0 Å². The molecular weight excluding hydrogens is 211 g/mol. The van der Waals surface area contributed by atoms with Crippen LogP contribution in [0.4, 0.5) is 13.2 Å². The van der Waals surface area contributed by atoms with Gasteiger partial charge in [-0.25, -0.2) is 0 Å². The van der Waals surface area contributed by atoms with Crippen LogP contribution in [0.5, 0.6) is 0 Å². The average molecular weight is 227 g/mol. The van der Waals surface area contributed by atoms with Gasteiger partial charge in [0.05, 0.1) is 6.54 Å². The van der Waals surface area contributed by atoms with Gasteiger partial charge in [0.2, 0.25) is 0 Å². The van der Waals surface area contributed by atoms with Gasteiger partial charge in [-0.2, -0.15) is 13.2 Å². The Morgan fingerprint density at radius 1 is 1.33 bits per heavy atom. The van der Waals surface area contributed by atoms with Gasteiger partial charge in [0, 0.05) is 6.42 Å². The Labute approximate surface area is 86.9 Å². The quantitative estimate of drug-likeness (QED) is 0.677. The molecule has 90 valence electrons. The Balaban J connectivity index is 3.67. The largest absolute Gasteiger partial charge is 0.481 e. The van der Waals surface area contributed by atoms with Crippen molar-refractivity contribution >= 4 is 5.97 Å². The minimum absolute atomic E-state index is 0.0174. The zero-order valence-electron chi connectivity index (χ0n) is 8.68. The van der Waals surface area contributed by atoms with Crippen LogP contribution in [0.1, 0.15) is 26.2 Å². The summed E-state index contributed by atoms with van der Waals surface area (Å²) >= 11 is 0. The molecule has 6 heteroatoms. The fourth-order valence-corrected chi connectivity index (χ4v) is 1.21. The number of hydrogen-bond acceptors (Lipinski definition) is 2. The van der Waals surface area contributed by atoms with Crippen molar-refractivity contribution in [3.05, 3.63) is 0 Å². The van der Waals surface area contributed by atoms with Crippen LogP contribution in [0.25, 0.3) is 0 Å². The number of nitrogens with zero attached hydrogens (tertiary/aromatic N) is 1. The van der Waals surface area contributed by atoms with Crippen molar-refractivity contribution in [3.8, 4) is 0 Å². The molecule has 0 saturated carbocycles. The highest BCUT2D eigenvalue weighted by Gasteiger charge is 2.29. The minimum Gasteiger partial charge on any atom is -0.481 e. The Bertz CT molecular complexity index is 194. The summed E-state index contributed by atoms with van der Waals surface area (Å²) < 4.78 is 36.0. The summed E-state index contributed by atoms with van der Waals surface area (Å²) in [6.07, 6.45) is -3.26. The monoisotopic (exact) mass is 227 g/mol. The van der Waals surface area contributed by atoms with E-state index in [0.29, 0.717) is 25.9 Å². The van der Waals surface area contributed by atoms with Crippen molar-refractivity contribution in [2.24, 2.45) is 0 Å². The van der Waals surface area contributed by atoms with Crippen molar-refractivity contribution in [1.29, 1.82) is 0 Å². The lowest BCUT2D eigenvalue weighted by Crippen LogP contribution is -2.34. The van der Waals surface area contributed by atoms with Crippen LogP contribution in [0.15, 0.2) is 0 Å². The van der Waals surface area contributed by atoms with E-state index in [-0.39, 0.29) is 6.42 Å². The average Bonchev–Trinajstić information content (AvgIpc) is 2.08. The van der Waals surface area contributed by atoms with Crippen molar-refractivity contribution < 1.29 is 23.1 Å². The second-order valence-corrected chi connectivity index (χ2v) is 3.33. The van der Waals surface area contributed by atoms with Crippen molar-refractivity contribution in [3.63, 3.8) is 0 Å². The first kappa shape index (κ1) is 14.2. The molecule has 1 N–H and O–H groups in total. The summed E-state index contributed by atoms with van der Waals surface area (Å²) in [6.45, 7) is 1.36. The normalized spacial score (nSPS) is 12.1. The first-order valence-corrected chi connectivity index (χ1v) is 4.86. The molecule has 15 heavy (non-hydrogen) atoms. The van der Waals surface area contributed by atoms with E-state index in [1.807, 2.05) is 0 Å². The van der Waals surface area contributed by atoms with Crippen LogP contribution in [-0.4, -0.2) is 41.8 Å². The number of alkyl halides is 3. The van der Waals surface area contributed by atoms with E-state index >= 15 is 0 Å². The predicted molar refractivity (Wildman–Crippen MR) is 49.7 cm³/mol. The molecule has 0 aromatic rings. The lowest BCUT2D eigenvalue weighted by atomic mass is 10.2. The zero-order chi connectivity index (χ0) is 11.9. The molecule has 0 radical (unpaired) electrons. The Hall–Kier alpha value is -0.780. The van der Waals surface area contributed by atoms with Crippen LogP contribution in [0, 0.1) is 0 Å². The number of aliphatic carboxylic acids is 1. The van der Waals surface area contributed by atoms with Gasteiger partial charge in [-0.05, 0) is 25.9 Å². The number of rotatable bonds is 7. The van der Waals surface area contributed by atoms with Crippen molar-refractivity contribution in [2.75, 3.05) is 19.6 Å². The molecule has 0 aromatic heterocycles. The van der Waals surface area contributed by atoms with E-state index in [1.54, 1.807) is 6.92 Å². The third-order valence-electron chi connectivity index (χ3n) is 1.97. The highest BCUT2D eigenvalue weighted by molar-refractivity contribution is 5.66. The summed E-state index contributed by atoms with van der Waals surface area (Å²) in [6, 6.07) is 0. The summed E-state index contributed by atoms with van der Waals surface area (Å²) in [4.78, 5) is 11.4. The molecule has 0 aliphatic heterocycles. The number of carbonyl (C=O) groups is 1. The summed E-state index contributed by atoms with van der Waals surface area (Å²) in [5.74, 6) is -0.908. The van der Waals surface area contributed by atoms with E-state index < -0.39 is 18.7 Å². The van der Waals surface area contributed by atoms with Crippen LogP contribution < -0.4 is 0 Å². The van der Waals surface area contributed by atoms with Crippen molar-refractivity contribution in [1.82, 2.24) is 4.90 Å². The molecule has 0 heterocycles. The lowest BCUT2D eigenvalue weighted by Gasteiger charge is -2.21. The Morgan fingerprint density at radius 2 is 1.93 bits per heavy atom. The van der Waals surface area contributed by atoms with Crippen LogP contribution in [0.2, 0.25) is 0 Å². The number of halogens is 3. The lowest BCUT2D eigenvalue weighted by molar-refractivity contribution is -0.146. The number of carboxylic acids is 1. The molecule has 0 atom stereocenters. The van der Waals surface area contributed by atoms with Gasteiger partial charge >= 0.3 is 12.1 Å². The maximum Gasteiger partial charge on any atom is 0.401 e. The van der Waals surface area contributed by atoms with Crippen LogP contribution >= 0.6 is 0 Å². The molecule has 0 aliphatic carbocycles. The minimum atomic E-state index is -4.18. The number of hydrogen-bond donors (Lipinski definition) is 1. The maximum absolute atomic E-state index is 12.0. The highest BCUT2D eigenvalue weighted by Crippen LogP contribution is 2.16. The third kappa shape index (κ3) is 9.52. The second-order valence-electron chi connectivity index (χ2n) is 3.33. The topological polar surface area (TPSA) is 40.5 Å². The first-order chi connectivity index (χ1) is 6.85. The highest BCUT2D eigenvalue weighted by atomic mass is 19.4. The molecule has 0 unspecified atom stereocenters. The van der Waals surface area contributed by atoms with Gasteiger partial charge in [-0.3, -0.25) is 9.69 Å². The van der Waals surface area contributed by atoms with Gasteiger partial charge < -0.3 is 5.11 Å². The van der Waals surface area contributed by atoms with E-state index in [9.17, 15) is 18.0 Å². The third-order valence-corrected chi connectivity index (χ3v) is 1.97. The predicted octanol–water partition coefficient (Wildman–Crippen LogP) is 2.13. The molecular formula is C9H16F3NO2. The van der Waals surface area contributed by atoms with Gasteiger partial charge in [-0.1, -0.05) is 6.92 Å².